The zero-order chi connectivity index (χ0) is 21.6. The van der Waals surface area contributed by atoms with Gasteiger partial charge in [-0.25, -0.2) is 13.2 Å². The number of alkyl halides is 3. The van der Waals surface area contributed by atoms with E-state index in [0.717, 1.165) is 31.6 Å². The first-order chi connectivity index (χ1) is 14.2. The van der Waals surface area contributed by atoms with Crippen LogP contribution in [0.25, 0.3) is 10.8 Å². The van der Waals surface area contributed by atoms with Crippen LogP contribution in [0.4, 0.5) is 26.3 Å². The summed E-state index contributed by atoms with van der Waals surface area (Å²) >= 11 is 0. The number of hydrogen-bond donors (Lipinski definition) is 0. The van der Waals surface area contributed by atoms with Crippen molar-refractivity contribution in [3.05, 3.63) is 41.2 Å². The van der Waals surface area contributed by atoms with Crippen molar-refractivity contribution in [2.24, 2.45) is 17.8 Å². The number of rotatable bonds is 3. The summed E-state index contributed by atoms with van der Waals surface area (Å²) in [5.74, 6) is -3.69. The summed E-state index contributed by atoms with van der Waals surface area (Å²) in [5, 5.41) is -0.775. The molecule has 0 N–H and O–H groups in total. The second-order valence-electron chi connectivity index (χ2n) is 8.77. The predicted octanol–water partition coefficient (Wildman–Crippen LogP) is 7.87. The summed E-state index contributed by atoms with van der Waals surface area (Å²) in [6, 6.07) is 3.40. The van der Waals surface area contributed by atoms with Gasteiger partial charge in [-0.1, -0.05) is 25.8 Å². The van der Waals surface area contributed by atoms with Gasteiger partial charge in [0.05, 0.1) is 5.39 Å². The Balaban J connectivity index is 1.63. The highest BCUT2D eigenvalue weighted by atomic mass is 19.4. The van der Waals surface area contributed by atoms with Gasteiger partial charge in [-0.05, 0) is 78.9 Å². The van der Waals surface area contributed by atoms with Gasteiger partial charge in [0.15, 0.2) is 11.6 Å². The van der Waals surface area contributed by atoms with Crippen molar-refractivity contribution in [1.82, 2.24) is 0 Å². The van der Waals surface area contributed by atoms with Crippen LogP contribution < -0.4 is 4.74 Å². The summed E-state index contributed by atoms with van der Waals surface area (Å²) in [5.41, 5.74) is 0.652. The molecular weight excluding hydrogens is 406 g/mol. The molecule has 0 amide bonds. The quantitative estimate of drug-likeness (QED) is 0.450. The van der Waals surface area contributed by atoms with E-state index >= 15 is 0 Å². The molecule has 4 atom stereocenters. The van der Waals surface area contributed by atoms with Crippen LogP contribution in [-0.2, 0) is 0 Å². The molecule has 0 aliphatic heterocycles. The molecule has 164 valence electrons. The van der Waals surface area contributed by atoms with Gasteiger partial charge in [-0.15, -0.1) is 13.2 Å². The van der Waals surface area contributed by atoms with Crippen molar-refractivity contribution >= 4 is 10.8 Å². The van der Waals surface area contributed by atoms with E-state index in [1.165, 1.54) is 31.4 Å². The van der Waals surface area contributed by atoms with Crippen molar-refractivity contribution in [2.45, 2.75) is 64.1 Å². The van der Waals surface area contributed by atoms with Crippen LogP contribution in [0.1, 0.15) is 63.4 Å². The standard InChI is InChI=1S/C23H24F6O/c1-2-12-3-4-14-8-15(6-5-13(14)7-12)16-9-17-11-19(25)22(30-23(27,28)29)21(26)20(17)18(24)10-16/h9-15H,2-8H2,1H3. The highest BCUT2D eigenvalue weighted by molar-refractivity contribution is 5.86. The molecule has 2 aromatic carbocycles. The Morgan fingerprint density at radius 2 is 1.60 bits per heavy atom. The predicted molar refractivity (Wildman–Crippen MR) is 102 cm³/mol. The minimum Gasteiger partial charge on any atom is -0.399 e. The summed E-state index contributed by atoms with van der Waals surface area (Å²) < 4.78 is 84.1. The summed E-state index contributed by atoms with van der Waals surface area (Å²) in [6.07, 6.45) is 2.34. The highest BCUT2D eigenvalue weighted by Crippen LogP contribution is 2.48. The van der Waals surface area contributed by atoms with E-state index in [-0.39, 0.29) is 11.3 Å². The fourth-order valence-corrected chi connectivity index (χ4v) is 5.52. The lowest BCUT2D eigenvalue weighted by atomic mass is 9.63. The van der Waals surface area contributed by atoms with E-state index in [1.807, 2.05) is 0 Å². The van der Waals surface area contributed by atoms with E-state index < -0.39 is 34.9 Å². The number of benzene rings is 2. The summed E-state index contributed by atoms with van der Waals surface area (Å²) in [4.78, 5) is 0. The Kier molecular flexibility index (Phi) is 5.66. The monoisotopic (exact) mass is 430 g/mol. The second kappa shape index (κ2) is 7.97. The molecule has 2 fully saturated rings. The van der Waals surface area contributed by atoms with E-state index in [9.17, 15) is 26.3 Å². The van der Waals surface area contributed by atoms with Crippen molar-refractivity contribution in [3.8, 4) is 5.75 Å². The van der Waals surface area contributed by atoms with Gasteiger partial charge in [-0.2, -0.15) is 0 Å². The first kappa shape index (κ1) is 21.3. The molecule has 2 aliphatic rings. The van der Waals surface area contributed by atoms with Gasteiger partial charge in [0, 0.05) is 0 Å². The lowest BCUT2D eigenvalue weighted by molar-refractivity contribution is -0.276. The van der Waals surface area contributed by atoms with E-state index in [0.29, 0.717) is 23.5 Å². The van der Waals surface area contributed by atoms with Crippen molar-refractivity contribution in [3.63, 3.8) is 0 Å². The van der Waals surface area contributed by atoms with Crippen LogP contribution in [0, 0.1) is 35.2 Å². The van der Waals surface area contributed by atoms with Crippen LogP contribution in [-0.4, -0.2) is 6.36 Å². The molecule has 0 aromatic heterocycles. The largest absolute Gasteiger partial charge is 0.573 e. The minimum absolute atomic E-state index is 0.0838. The normalized spacial score (nSPS) is 27.2. The average molecular weight is 430 g/mol. The molecule has 0 saturated heterocycles. The number of hydrogen-bond acceptors (Lipinski definition) is 1. The minimum atomic E-state index is -5.28. The Morgan fingerprint density at radius 3 is 2.30 bits per heavy atom. The number of halogens is 6. The molecule has 7 heteroatoms. The molecule has 2 aliphatic carbocycles. The molecule has 0 bridgehead atoms. The van der Waals surface area contributed by atoms with Crippen molar-refractivity contribution < 1.29 is 31.1 Å². The zero-order valence-electron chi connectivity index (χ0n) is 16.7. The Hall–Kier alpha value is -1.92. The highest BCUT2D eigenvalue weighted by Gasteiger charge is 2.37. The first-order valence-corrected chi connectivity index (χ1v) is 10.5. The van der Waals surface area contributed by atoms with E-state index in [2.05, 4.69) is 11.7 Å². The smallest absolute Gasteiger partial charge is 0.399 e. The molecule has 2 aromatic rings. The van der Waals surface area contributed by atoms with Crippen LogP contribution in [0.3, 0.4) is 0 Å². The third-order valence-corrected chi connectivity index (χ3v) is 7.05. The molecule has 0 spiro atoms. The third-order valence-electron chi connectivity index (χ3n) is 7.05. The molecule has 4 unspecified atom stereocenters. The maximum Gasteiger partial charge on any atom is 0.573 e. The van der Waals surface area contributed by atoms with Crippen LogP contribution in [0.15, 0.2) is 18.2 Å². The zero-order valence-corrected chi connectivity index (χ0v) is 16.7. The number of ether oxygens (including phenoxy) is 1. The molecule has 4 rings (SSSR count). The maximum atomic E-state index is 14.7. The second-order valence-corrected chi connectivity index (χ2v) is 8.77. The van der Waals surface area contributed by atoms with E-state index in [1.54, 1.807) is 0 Å². The Bertz CT molecular complexity index is 938. The molecular formula is C23H24F6O. The number of fused-ring (bicyclic) bond motifs is 2. The first-order valence-electron chi connectivity index (χ1n) is 10.5. The van der Waals surface area contributed by atoms with E-state index in [4.69, 9.17) is 0 Å². The molecule has 0 radical (unpaired) electrons. The fourth-order valence-electron chi connectivity index (χ4n) is 5.52. The topological polar surface area (TPSA) is 9.23 Å². The third kappa shape index (κ3) is 4.12. The summed E-state index contributed by atoms with van der Waals surface area (Å²) in [7, 11) is 0. The Labute approximate surface area is 171 Å². The van der Waals surface area contributed by atoms with Gasteiger partial charge < -0.3 is 4.74 Å². The maximum absolute atomic E-state index is 14.7. The van der Waals surface area contributed by atoms with Gasteiger partial charge in [0.25, 0.3) is 0 Å². The molecule has 1 nitrogen and oxygen atoms in total. The van der Waals surface area contributed by atoms with Gasteiger partial charge in [-0.3, -0.25) is 0 Å². The molecule has 30 heavy (non-hydrogen) atoms. The van der Waals surface area contributed by atoms with Crippen LogP contribution in [0.5, 0.6) is 5.75 Å². The van der Waals surface area contributed by atoms with Gasteiger partial charge in [0.2, 0.25) is 5.75 Å². The van der Waals surface area contributed by atoms with Crippen molar-refractivity contribution in [2.75, 3.05) is 0 Å². The van der Waals surface area contributed by atoms with Crippen molar-refractivity contribution in [1.29, 1.82) is 0 Å². The summed E-state index contributed by atoms with van der Waals surface area (Å²) in [6.45, 7) is 2.22. The average Bonchev–Trinajstić information content (AvgIpc) is 2.69. The van der Waals surface area contributed by atoms with Gasteiger partial charge >= 0.3 is 6.36 Å². The lowest BCUT2D eigenvalue weighted by Gasteiger charge is -2.42. The molecule has 0 heterocycles. The lowest BCUT2D eigenvalue weighted by Crippen LogP contribution is -2.30. The van der Waals surface area contributed by atoms with Gasteiger partial charge in [0.1, 0.15) is 5.82 Å². The Morgan fingerprint density at radius 1 is 0.900 bits per heavy atom. The van der Waals surface area contributed by atoms with Crippen LogP contribution in [0.2, 0.25) is 0 Å². The molecule has 2 saturated carbocycles. The fraction of sp³-hybridized carbons (Fsp3) is 0.565. The SMILES string of the molecule is CCC1CCC2CC(c3cc(F)c4c(F)c(OC(F)(F)F)c(F)cc4c3)CCC2C1. The van der Waals surface area contributed by atoms with Crippen LogP contribution >= 0.6 is 0 Å².